The molecule has 0 saturated carbocycles. The maximum atomic E-state index is 10.8. The molecule has 4 rings (SSSR count). The molecule has 0 unspecified atom stereocenters. The van der Waals surface area contributed by atoms with E-state index in [-0.39, 0.29) is 21.7 Å². The molecule has 0 aliphatic carbocycles. The molecule has 0 aliphatic rings. The normalized spacial score (nSPS) is 10.7. The van der Waals surface area contributed by atoms with E-state index < -0.39 is 163 Å². The van der Waals surface area contributed by atoms with Gasteiger partial charge in [0.1, 0.15) is 43.5 Å². The first kappa shape index (κ1) is 62.9. The van der Waals surface area contributed by atoms with Crippen LogP contribution in [-0.2, 0) is 99.8 Å². The van der Waals surface area contributed by atoms with Gasteiger partial charge in [-0.2, -0.15) is 33.7 Å². The third-order valence-corrected chi connectivity index (χ3v) is 10.9. The number of hydrogen-bond acceptors (Lipinski definition) is 24. The molecule has 372 valence electrons. The maximum absolute atomic E-state index is 10.8. The summed E-state index contributed by atoms with van der Waals surface area (Å²) in [4.78, 5) is 42.9. The van der Waals surface area contributed by atoms with Crippen LogP contribution in [0.1, 0.15) is 41.4 Å². The van der Waals surface area contributed by atoms with E-state index in [9.17, 15) is 89.4 Å². The van der Waals surface area contributed by atoms with Gasteiger partial charge in [-0.1, -0.05) is 24.3 Å². The number of carboxylic acid groups (broad SMARTS) is 4. The number of aromatic carboxylic acids is 4. The van der Waals surface area contributed by atoms with Crippen molar-refractivity contribution < 1.29 is 166 Å². The fourth-order valence-electron chi connectivity index (χ4n) is 4.12. The quantitative estimate of drug-likeness (QED) is 0.0447. The zero-order valence-corrected chi connectivity index (χ0v) is 40.6. The fourth-order valence-corrected chi connectivity index (χ4v) is 8.09. The van der Waals surface area contributed by atoms with Crippen LogP contribution in [0.15, 0.2) is 72.8 Å². The minimum absolute atomic E-state index is 0. The summed E-state index contributed by atoms with van der Waals surface area (Å²) in [6.45, 7) is 0. The van der Waals surface area contributed by atoms with E-state index in [0.29, 0.717) is 0 Å². The van der Waals surface area contributed by atoms with Crippen molar-refractivity contribution in [1.29, 1.82) is 0 Å². The number of rotatable bonds is 16. The summed E-state index contributed by atoms with van der Waals surface area (Å²) in [6, 6.07) is 11.9. The van der Waals surface area contributed by atoms with E-state index in [0.717, 1.165) is 72.8 Å². The average Bonchev–Trinajstić information content (AvgIpc) is 3.15. The predicted molar refractivity (Wildman–Crippen MR) is 214 cm³/mol. The molecule has 0 aliphatic heterocycles. The second kappa shape index (κ2) is 26.0. The largest absolute Gasteiger partial charge is 0.478 e. The SMILES string of the molecule is O=C(O)c1cccc(P(=O)=O)c1OS(=O)(=O)O.O=C(O)c1cccc(P(=O)=O)c1OS(=O)(=O)O.O=C(O)c1cccc(P(=O)=O)c1OS(=O)(=O)O.O=C(O)c1cccc(P(=O)=O)c1OS(=O)(=O)O.[Ti]. The van der Waals surface area contributed by atoms with Crippen molar-refractivity contribution in [1.82, 2.24) is 0 Å². The van der Waals surface area contributed by atoms with Crippen molar-refractivity contribution in [3.8, 4) is 23.0 Å². The zero-order valence-electron chi connectivity index (χ0n) is 32.2. The molecule has 8 N–H and O–H groups in total. The van der Waals surface area contributed by atoms with Gasteiger partial charge in [0, 0.05) is 21.7 Å². The molecule has 0 heterocycles. The van der Waals surface area contributed by atoms with Crippen LogP contribution in [0.25, 0.3) is 0 Å². The van der Waals surface area contributed by atoms with Crippen LogP contribution >= 0.6 is 30.7 Å². The molecule has 41 heteroatoms. The van der Waals surface area contributed by atoms with Gasteiger partial charge in [0.2, 0.25) is 0 Å². The molecule has 4 aromatic rings. The topological polar surface area (TPSA) is 540 Å². The van der Waals surface area contributed by atoms with Crippen molar-refractivity contribution in [2.24, 2.45) is 0 Å². The van der Waals surface area contributed by atoms with E-state index in [2.05, 4.69) is 16.7 Å². The van der Waals surface area contributed by atoms with Crippen LogP contribution in [0.2, 0.25) is 0 Å². The molecule has 0 saturated heterocycles. The maximum Gasteiger partial charge on any atom is 0.446 e. The smallest absolute Gasteiger partial charge is 0.446 e. The molecular weight excluding hydrogens is 1150 g/mol. The molecule has 0 amide bonds. The Bertz CT molecular complexity index is 2950. The fraction of sp³-hybridized carbons (Fsp3) is 0. The van der Waals surface area contributed by atoms with E-state index in [1.807, 2.05) is 0 Å². The minimum atomic E-state index is -5.02. The molecule has 0 fully saturated rings. The van der Waals surface area contributed by atoms with E-state index >= 15 is 0 Å². The number of benzene rings is 4. The molecule has 0 spiro atoms. The first-order valence-electron chi connectivity index (χ1n) is 15.6. The Morgan fingerprint density at radius 1 is 0.333 bits per heavy atom. The Balaban J connectivity index is 0.000000889. The summed E-state index contributed by atoms with van der Waals surface area (Å²) >= 11 is 0. The van der Waals surface area contributed by atoms with Gasteiger partial charge in [-0.05, 0) is 48.5 Å². The standard InChI is InChI=1S/4C7H5O8PS.Ti/c4*8-7(9)4-2-1-3-5(16(10)11)6(4)15-17(12,13)14;/h4*1-3H,(H,8,9)(H,12,13,14);. The van der Waals surface area contributed by atoms with Crippen LogP contribution in [-0.4, -0.2) is 96.2 Å². The van der Waals surface area contributed by atoms with Crippen molar-refractivity contribution in [2.45, 2.75) is 0 Å². The van der Waals surface area contributed by atoms with Crippen molar-refractivity contribution >= 4 is 117 Å². The third kappa shape index (κ3) is 21.4. The second-order valence-corrected chi connectivity index (χ2v) is 19.0. The summed E-state index contributed by atoms with van der Waals surface area (Å²) < 4.78 is 220. The molecule has 0 atom stereocenters. The molecule has 32 nitrogen and oxygen atoms in total. The van der Waals surface area contributed by atoms with Crippen molar-refractivity contribution in [3.63, 3.8) is 0 Å². The van der Waals surface area contributed by atoms with Gasteiger partial charge in [-0.3, -0.25) is 18.2 Å². The summed E-state index contributed by atoms with van der Waals surface area (Å²) in [5, 5.41) is 32.2. The Hall–Kier alpha value is -6.09. The Morgan fingerprint density at radius 2 is 0.478 bits per heavy atom. The predicted octanol–water partition coefficient (Wildman–Crippen LogP) is 1.46. The second-order valence-electron chi connectivity index (χ2n) is 10.9. The van der Waals surface area contributed by atoms with Crippen LogP contribution in [0.4, 0.5) is 0 Å². The number of hydrogen-bond donors (Lipinski definition) is 8. The van der Waals surface area contributed by atoms with E-state index in [1.165, 1.54) is 0 Å². The van der Waals surface area contributed by atoms with Crippen LogP contribution in [0.5, 0.6) is 23.0 Å². The summed E-state index contributed by atoms with van der Waals surface area (Å²) in [6.07, 6.45) is 0. The molecule has 69 heavy (non-hydrogen) atoms. The van der Waals surface area contributed by atoms with Gasteiger partial charge >= 0.3 is 96.2 Å². The van der Waals surface area contributed by atoms with E-state index in [4.69, 9.17) is 38.6 Å². The van der Waals surface area contributed by atoms with Crippen molar-refractivity contribution in [2.75, 3.05) is 0 Å². The van der Waals surface area contributed by atoms with Gasteiger partial charge in [-0.15, -0.1) is 0 Å². The summed E-state index contributed by atoms with van der Waals surface area (Å²) in [5.41, 5.74) is -2.78. The number of carboxylic acids is 4. The van der Waals surface area contributed by atoms with Gasteiger partial charge < -0.3 is 37.2 Å². The Labute approximate surface area is 399 Å². The number of para-hydroxylation sites is 4. The Kier molecular flexibility index (Phi) is 23.8. The Morgan fingerprint density at radius 3 is 0.580 bits per heavy atom. The van der Waals surface area contributed by atoms with Gasteiger partial charge in [0.05, 0.1) is 0 Å². The molecular formula is C28H20O32P4S4Ti. The molecule has 0 aromatic heterocycles. The van der Waals surface area contributed by atoms with Gasteiger partial charge in [0.25, 0.3) is 0 Å². The molecule has 0 bridgehead atoms. The third-order valence-electron chi connectivity index (χ3n) is 6.44. The van der Waals surface area contributed by atoms with Crippen LogP contribution in [0, 0.1) is 0 Å². The van der Waals surface area contributed by atoms with Crippen LogP contribution in [0.3, 0.4) is 0 Å². The van der Waals surface area contributed by atoms with Gasteiger partial charge in [0.15, 0.2) is 23.0 Å². The average molecular weight is 1170 g/mol. The first-order chi connectivity index (χ1) is 30.9. The van der Waals surface area contributed by atoms with Gasteiger partial charge in [-0.25, -0.2) is 55.7 Å². The van der Waals surface area contributed by atoms with Crippen LogP contribution < -0.4 is 38.0 Å². The molecule has 0 radical (unpaired) electrons. The summed E-state index contributed by atoms with van der Waals surface area (Å²) in [5.74, 6) is -10.2. The zero-order chi connectivity index (χ0) is 52.9. The monoisotopic (exact) mass is 1170 g/mol. The first-order valence-corrected chi connectivity index (χ1v) is 25.8. The number of carbonyl (C=O) groups is 4. The summed E-state index contributed by atoms with van der Waals surface area (Å²) in [7, 11) is -33.2. The van der Waals surface area contributed by atoms with Crippen molar-refractivity contribution in [3.05, 3.63) is 95.1 Å². The minimum Gasteiger partial charge on any atom is -0.478 e. The van der Waals surface area contributed by atoms with E-state index in [1.54, 1.807) is 0 Å². The molecule has 4 aromatic carbocycles.